The summed E-state index contributed by atoms with van der Waals surface area (Å²) in [5, 5.41) is 0. The number of unbranched alkanes of at least 4 members (excludes halogenated alkanes) is 1. The average molecular weight is 241 g/mol. The third-order valence-electron chi connectivity index (χ3n) is 2.48. The van der Waals surface area contributed by atoms with Crippen molar-refractivity contribution in [1.82, 2.24) is 0 Å². The zero-order valence-electron chi connectivity index (χ0n) is 10.4. The Hall–Kier alpha value is -1.13. The highest BCUT2D eigenvalue weighted by atomic mass is 19.1. The molecule has 0 saturated heterocycles. The van der Waals surface area contributed by atoms with Crippen LogP contribution in [0.3, 0.4) is 0 Å². The smallest absolute Gasteiger partial charge is 0.165 e. The van der Waals surface area contributed by atoms with Crippen LogP contribution in [0.1, 0.15) is 31.4 Å². The molecule has 1 atom stereocenters. The maximum Gasteiger partial charge on any atom is 0.165 e. The highest BCUT2D eigenvalue weighted by Crippen LogP contribution is 2.21. The van der Waals surface area contributed by atoms with Gasteiger partial charge >= 0.3 is 0 Å². The molecule has 0 unspecified atom stereocenters. The lowest BCUT2D eigenvalue weighted by Gasteiger charge is -2.10. The molecule has 1 rings (SSSR count). The molecule has 4 heteroatoms. The van der Waals surface area contributed by atoms with Crippen LogP contribution in [-0.4, -0.2) is 20.3 Å². The predicted molar refractivity (Wildman–Crippen MR) is 65.6 cm³/mol. The fraction of sp³-hybridized carbons (Fsp3) is 0.538. The van der Waals surface area contributed by atoms with Crippen LogP contribution in [0, 0.1) is 5.82 Å². The molecule has 0 amide bonds. The second kappa shape index (κ2) is 7.25. The van der Waals surface area contributed by atoms with Crippen molar-refractivity contribution in [2.24, 2.45) is 5.73 Å². The molecule has 0 saturated carbocycles. The van der Waals surface area contributed by atoms with E-state index in [1.807, 2.05) is 6.92 Å². The summed E-state index contributed by atoms with van der Waals surface area (Å²) in [6.45, 7) is 3.02. The second-order valence-electron chi connectivity index (χ2n) is 4.03. The Balaban J connectivity index is 2.43. The van der Waals surface area contributed by atoms with E-state index in [9.17, 15) is 4.39 Å². The minimum absolute atomic E-state index is 0.166. The van der Waals surface area contributed by atoms with Crippen molar-refractivity contribution in [2.75, 3.05) is 20.3 Å². The maximum atomic E-state index is 13.6. The summed E-state index contributed by atoms with van der Waals surface area (Å²) in [5.41, 5.74) is 6.44. The average Bonchev–Trinajstić information content (AvgIpc) is 2.30. The molecule has 3 nitrogen and oxygen atoms in total. The molecule has 0 aliphatic heterocycles. The Labute approximate surface area is 102 Å². The van der Waals surface area contributed by atoms with Crippen LogP contribution in [0.15, 0.2) is 18.2 Å². The van der Waals surface area contributed by atoms with E-state index < -0.39 is 0 Å². The molecule has 0 fully saturated rings. The van der Waals surface area contributed by atoms with E-state index in [0.29, 0.717) is 13.2 Å². The highest BCUT2D eigenvalue weighted by molar-refractivity contribution is 5.30. The van der Waals surface area contributed by atoms with Crippen molar-refractivity contribution in [3.63, 3.8) is 0 Å². The zero-order valence-corrected chi connectivity index (χ0v) is 10.4. The maximum absolute atomic E-state index is 13.6. The van der Waals surface area contributed by atoms with Crippen LogP contribution >= 0.6 is 0 Å². The number of ether oxygens (including phenoxy) is 2. The third-order valence-corrected chi connectivity index (χ3v) is 2.48. The van der Waals surface area contributed by atoms with Crippen molar-refractivity contribution in [2.45, 2.75) is 25.8 Å². The molecule has 0 aromatic heterocycles. The summed E-state index contributed by atoms with van der Waals surface area (Å²) in [6.07, 6.45) is 1.76. The van der Waals surface area contributed by atoms with Crippen molar-refractivity contribution in [3.05, 3.63) is 29.6 Å². The number of rotatable bonds is 7. The molecular weight excluding hydrogens is 221 g/mol. The largest absolute Gasteiger partial charge is 0.491 e. The van der Waals surface area contributed by atoms with Crippen molar-refractivity contribution < 1.29 is 13.9 Å². The first-order valence-corrected chi connectivity index (χ1v) is 5.82. The lowest BCUT2D eigenvalue weighted by atomic mass is 10.1. The molecule has 1 aromatic rings. The van der Waals surface area contributed by atoms with Gasteiger partial charge in [-0.3, -0.25) is 0 Å². The summed E-state index contributed by atoms with van der Waals surface area (Å²) < 4.78 is 23.8. The first-order chi connectivity index (χ1) is 8.15. The minimum Gasteiger partial charge on any atom is -0.491 e. The van der Waals surface area contributed by atoms with Crippen LogP contribution in [0.2, 0.25) is 0 Å². The van der Waals surface area contributed by atoms with Gasteiger partial charge in [-0.05, 0) is 37.5 Å². The van der Waals surface area contributed by atoms with Gasteiger partial charge in [0.05, 0.1) is 6.61 Å². The van der Waals surface area contributed by atoms with E-state index >= 15 is 0 Å². The van der Waals surface area contributed by atoms with Crippen LogP contribution in [0.5, 0.6) is 5.75 Å². The van der Waals surface area contributed by atoms with Gasteiger partial charge in [-0.1, -0.05) is 6.07 Å². The Kier molecular flexibility index (Phi) is 5.94. The number of hydrogen-bond donors (Lipinski definition) is 1. The summed E-state index contributed by atoms with van der Waals surface area (Å²) >= 11 is 0. The minimum atomic E-state index is -0.355. The fourth-order valence-corrected chi connectivity index (χ4v) is 1.45. The van der Waals surface area contributed by atoms with E-state index in [0.717, 1.165) is 18.4 Å². The van der Waals surface area contributed by atoms with E-state index in [4.69, 9.17) is 15.2 Å². The van der Waals surface area contributed by atoms with Crippen LogP contribution < -0.4 is 10.5 Å². The van der Waals surface area contributed by atoms with E-state index in [1.54, 1.807) is 19.2 Å². The molecule has 2 N–H and O–H groups in total. The van der Waals surface area contributed by atoms with Gasteiger partial charge in [0.1, 0.15) is 0 Å². The number of hydrogen-bond acceptors (Lipinski definition) is 3. The number of methoxy groups -OCH3 is 1. The Morgan fingerprint density at radius 3 is 2.59 bits per heavy atom. The van der Waals surface area contributed by atoms with Crippen molar-refractivity contribution >= 4 is 0 Å². The highest BCUT2D eigenvalue weighted by Gasteiger charge is 2.06. The normalized spacial score (nSPS) is 12.5. The van der Waals surface area contributed by atoms with E-state index in [-0.39, 0.29) is 17.6 Å². The van der Waals surface area contributed by atoms with Gasteiger partial charge in [-0.2, -0.15) is 0 Å². The summed E-state index contributed by atoms with van der Waals surface area (Å²) in [6, 6.07) is 4.68. The van der Waals surface area contributed by atoms with Gasteiger partial charge in [0.2, 0.25) is 0 Å². The molecular formula is C13H20FNO2. The van der Waals surface area contributed by atoms with E-state index in [1.165, 1.54) is 6.07 Å². The monoisotopic (exact) mass is 241 g/mol. The van der Waals surface area contributed by atoms with Gasteiger partial charge in [0.15, 0.2) is 11.6 Å². The topological polar surface area (TPSA) is 44.5 Å². The molecule has 0 bridgehead atoms. The van der Waals surface area contributed by atoms with Crippen LogP contribution in [0.4, 0.5) is 4.39 Å². The summed E-state index contributed by atoms with van der Waals surface area (Å²) in [5.74, 6) is -0.0710. The zero-order chi connectivity index (χ0) is 12.7. The Morgan fingerprint density at radius 2 is 2.00 bits per heavy atom. The number of benzene rings is 1. The molecule has 0 aliphatic carbocycles. The second-order valence-corrected chi connectivity index (χ2v) is 4.03. The Morgan fingerprint density at radius 1 is 1.29 bits per heavy atom. The van der Waals surface area contributed by atoms with Crippen LogP contribution in [-0.2, 0) is 4.74 Å². The van der Waals surface area contributed by atoms with E-state index in [2.05, 4.69) is 0 Å². The van der Waals surface area contributed by atoms with Gasteiger partial charge in [0, 0.05) is 19.8 Å². The molecule has 1 aromatic carbocycles. The molecule has 0 spiro atoms. The van der Waals surface area contributed by atoms with Gasteiger partial charge in [0.25, 0.3) is 0 Å². The lowest BCUT2D eigenvalue weighted by molar-refractivity contribution is 0.183. The van der Waals surface area contributed by atoms with Crippen molar-refractivity contribution in [1.29, 1.82) is 0 Å². The van der Waals surface area contributed by atoms with Crippen LogP contribution in [0.25, 0.3) is 0 Å². The van der Waals surface area contributed by atoms with Gasteiger partial charge in [-0.15, -0.1) is 0 Å². The number of nitrogens with two attached hydrogens (primary N) is 1. The van der Waals surface area contributed by atoms with Crippen molar-refractivity contribution in [3.8, 4) is 5.75 Å². The molecule has 0 aliphatic rings. The molecule has 96 valence electrons. The summed E-state index contributed by atoms with van der Waals surface area (Å²) in [7, 11) is 1.66. The first kappa shape index (κ1) is 13.9. The standard InChI is InChI=1S/C13H20FNO2/c1-10(15)11-5-6-13(12(14)9-11)17-8-4-3-7-16-2/h5-6,9-10H,3-4,7-8,15H2,1-2H3/t10-/m0/s1. The lowest BCUT2D eigenvalue weighted by Crippen LogP contribution is -2.06. The molecule has 0 radical (unpaired) electrons. The summed E-state index contributed by atoms with van der Waals surface area (Å²) in [4.78, 5) is 0. The molecule has 0 heterocycles. The first-order valence-electron chi connectivity index (χ1n) is 5.82. The quantitative estimate of drug-likeness (QED) is 0.746. The third kappa shape index (κ3) is 4.71. The SMILES string of the molecule is COCCCCOc1ccc([C@H](C)N)cc1F. The molecule has 17 heavy (non-hydrogen) atoms. The van der Waals surface area contributed by atoms with Gasteiger partial charge < -0.3 is 15.2 Å². The predicted octanol–water partition coefficient (Wildman–Crippen LogP) is 2.65. The number of halogens is 1. The van der Waals surface area contributed by atoms with Gasteiger partial charge in [-0.25, -0.2) is 4.39 Å². The Bertz CT molecular complexity index is 342. The fourth-order valence-electron chi connectivity index (χ4n) is 1.45.